The number of carbonyl (C=O) groups is 3. The van der Waals surface area contributed by atoms with Crippen LogP contribution in [0.2, 0.25) is 5.02 Å². The zero-order valence-electron chi connectivity index (χ0n) is 15.1. The summed E-state index contributed by atoms with van der Waals surface area (Å²) >= 11 is 6.18. The van der Waals surface area contributed by atoms with Crippen molar-refractivity contribution in [3.63, 3.8) is 0 Å². The third-order valence-corrected chi connectivity index (χ3v) is 4.93. The number of hydrogen-bond acceptors (Lipinski definition) is 6. The fourth-order valence-electron chi connectivity index (χ4n) is 3.14. The van der Waals surface area contributed by atoms with Gasteiger partial charge in [-0.15, -0.1) is 0 Å². The van der Waals surface area contributed by atoms with E-state index < -0.39 is 42.3 Å². The lowest BCUT2D eigenvalue weighted by Gasteiger charge is -2.25. The highest BCUT2D eigenvalue weighted by atomic mass is 35.5. The molecule has 1 aliphatic heterocycles. The SMILES string of the molecule is O=C(N[C@@H](Cc1ccccc1)C(=O)O)c1cc(Cl)c2c(c1O)C(=O)OC(CO)C2. The second-order valence-corrected chi connectivity index (χ2v) is 6.98. The zero-order valence-corrected chi connectivity index (χ0v) is 15.8. The quantitative estimate of drug-likeness (QED) is 0.522. The number of amides is 1. The molecule has 9 heteroatoms. The van der Waals surface area contributed by atoms with Crippen molar-refractivity contribution in [2.24, 2.45) is 0 Å². The molecule has 0 saturated heterocycles. The predicted octanol–water partition coefficient (Wildman–Crippen LogP) is 1.55. The number of aliphatic hydroxyl groups is 1. The lowest BCUT2D eigenvalue weighted by atomic mass is 9.94. The van der Waals surface area contributed by atoms with Gasteiger partial charge in [0, 0.05) is 17.9 Å². The molecule has 0 fully saturated rings. The number of aliphatic hydroxyl groups excluding tert-OH is 1. The van der Waals surface area contributed by atoms with E-state index >= 15 is 0 Å². The summed E-state index contributed by atoms with van der Waals surface area (Å²) in [4.78, 5) is 36.4. The van der Waals surface area contributed by atoms with Crippen LogP contribution in [0.1, 0.15) is 31.8 Å². The largest absolute Gasteiger partial charge is 0.506 e. The number of fused-ring (bicyclic) bond motifs is 1. The molecular weight excluding hydrogens is 402 g/mol. The Labute approximate surface area is 170 Å². The van der Waals surface area contributed by atoms with Crippen LogP contribution in [0.4, 0.5) is 0 Å². The second kappa shape index (κ2) is 8.50. The summed E-state index contributed by atoms with van der Waals surface area (Å²) in [7, 11) is 0. The van der Waals surface area contributed by atoms with Gasteiger partial charge in [0.05, 0.1) is 12.2 Å². The average molecular weight is 420 g/mol. The summed E-state index contributed by atoms with van der Waals surface area (Å²) in [6, 6.07) is 8.63. The number of aromatic hydroxyl groups is 1. The third-order valence-electron chi connectivity index (χ3n) is 4.60. The van der Waals surface area contributed by atoms with E-state index in [0.717, 1.165) is 0 Å². The van der Waals surface area contributed by atoms with Crippen LogP contribution in [-0.2, 0) is 22.4 Å². The van der Waals surface area contributed by atoms with E-state index in [2.05, 4.69) is 5.32 Å². The summed E-state index contributed by atoms with van der Waals surface area (Å²) in [5, 5.41) is 31.5. The molecule has 0 saturated carbocycles. The van der Waals surface area contributed by atoms with Gasteiger partial charge in [-0.05, 0) is 17.2 Å². The van der Waals surface area contributed by atoms with E-state index in [-0.39, 0.29) is 34.6 Å². The molecule has 1 heterocycles. The lowest BCUT2D eigenvalue weighted by Crippen LogP contribution is -2.42. The lowest BCUT2D eigenvalue weighted by molar-refractivity contribution is -0.139. The number of phenolic OH excluding ortho intramolecular Hbond substituents is 1. The number of ether oxygens (including phenoxy) is 1. The van der Waals surface area contributed by atoms with Crippen molar-refractivity contribution in [2.75, 3.05) is 6.61 Å². The van der Waals surface area contributed by atoms with Crippen LogP contribution in [0, 0.1) is 0 Å². The molecule has 2 atom stereocenters. The summed E-state index contributed by atoms with van der Waals surface area (Å²) in [5.41, 5.74) is 0.358. The van der Waals surface area contributed by atoms with E-state index in [0.29, 0.717) is 5.56 Å². The number of phenols is 1. The Kier molecular flexibility index (Phi) is 6.05. The number of carbonyl (C=O) groups excluding carboxylic acids is 2. The molecule has 29 heavy (non-hydrogen) atoms. The Morgan fingerprint density at radius 1 is 1.28 bits per heavy atom. The average Bonchev–Trinajstić information content (AvgIpc) is 2.70. The summed E-state index contributed by atoms with van der Waals surface area (Å²) in [6.45, 7) is -0.412. The van der Waals surface area contributed by atoms with Gasteiger partial charge in [0.2, 0.25) is 0 Å². The molecule has 0 aliphatic carbocycles. The van der Waals surface area contributed by atoms with Crippen molar-refractivity contribution < 1.29 is 34.4 Å². The minimum atomic E-state index is -1.26. The highest BCUT2D eigenvalue weighted by Crippen LogP contribution is 2.36. The molecule has 1 aliphatic rings. The first-order chi connectivity index (χ1) is 13.8. The number of carboxylic acid groups (broad SMARTS) is 1. The van der Waals surface area contributed by atoms with E-state index in [1.54, 1.807) is 30.3 Å². The molecular formula is C20H18ClNO7. The first-order valence-corrected chi connectivity index (χ1v) is 9.13. The number of hydrogen-bond donors (Lipinski definition) is 4. The molecule has 2 aromatic rings. The second-order valence-electron chi connectivity index (χ2n) is 6.58. The van der Waals surface area contributed by atoms with E-state index in [1.807, 2.05) is 0 Å². The Bertz CT molecular complexity index is 961. The number of esters is 1. The van der Waals surface area contributed by atoms with Gasteiger partial charge in [0.15, 0.2) is 0 Å². The number of rotatable bonds is 6. The monoisotopic (exact) mass is 419 g/mol. The molecule has 2 aromatic carbocycles. The first-order valence-electron chi connectivity index (χ1n) is 8.75. The normalized spacial score (nSPS) is 16.5. The standard InChI is InChI=1S/C20H18ClNO7/c21-14-8-13(17(24)16-12(14)7-11(9-23)29-20(16)28)18(25)22-15(19(26)27)6-10-4-2-1-3-5-10/h1-5,8,11,15,23-24H,6-7,9H2,(H,22,25)(H,26,27)/t11?,15-/m0/s1. The van der Waals surface area contributed by atoms with Crippen LogP contribution in [0.3, 0.4) is 0 Å². The fraction of sp³-hybridized carbons (Fsp3) is 0.250. The Morgan fingerprint density at radius 2 is 1.97 bits per heavy atom. The van der Waals surface area contributed by atoms with Crippen molar-refractivity contribution in [2.45, 2.75) is 25.0 Å². The van der Waals surface area contributed by atoms with Crippen LogP contribution < -0.4 is 5.32 Å². The smallest absolute Gasteiger partial charge is 0.342 e. The highest BCUT2D eigenvalue weighted by Gasteiger charge is 2.34. The van der Waals surface area contributed by atoms with Gasteiger partial charge < -0.3 is 25.4 Å². The van der Waals surface area contributed by atoms with Crippen molar-refractivity contribution in [3.05, 3.63) is 63.7 Å². The molecule has 0 spiro atoms. The van der Waals surface area contributed by atoms with Gasteiger partial charge in [-0.2, -0.15) is 0 Å². The number of benzene rings is 2. The van der Waals surface area contributed by atoms with Crippen molar-refractivity contribution in [1.82, 2.24) is 5.32 Å². The van der Waals surface area contributed by atoms with Gasteiger partial charge in [0.1, 0.15) is 23.5 Å². The van der Waals surface area contributed by atoms with E-state index in [9.17, 15) is 29.7 Å². The molecule has 0 aromatic heterocycles. The zero-order chi connectivity index (χ0) is 21.1. The number of carboxylic acids is 1. The maximum absolute atomic E-state index is 12.7. The number of cyclic esters (lactones) is 1. The van der Waals surface area contributed by atoms with Gasteiger partial charge in [-0.1, -0.05) is 41.9 Å². The molecule has 3 rings (SSSR count). The first kappa shape index (κ1) is 20.6. The molecule has 1 amide bonds. The predicted molar refractivity (Wildman–Crippen MR) is 102 cm³/mol. The topological polar surface area (TPSA) is 133 Å². The molecule has 0 bridgehead atoms. The van der Waals surface area contributed by atoms with Crippen LogP contribution in [0.25, 0.3) is 0 Å². The summed E-state index contributed by atoms with van der Waals surface area (Å²) < 4.78 is 5.00. The minimum absolute atomic E-state index is 0.0293. The van der Waals surface area contributed by atoms with Crippen molar-refractivity contribution >= 4 is 29.4 Å². The van der Waals surface area contributed by atoms with Crippen molar-refractivity contribution in [1.29, 1.82) is 0 Å². The third kappa shape index (κ3) is 4.33. The van der Waals surface area contributed by atoms with Gasteiger partial charge >= 0.3 is 11.9 Å². The van der Waals surface area contributed by atoms with Crippen LogP contribution in [-0.4, -0.2) is 51.9 Å². The van der Waals surface area contributed by atoms with Crippen LogP contribution in [0.5, 0.6) is 5.75 Å². The van der Waals surface area contributed by atoms with E-state index in [4.69, 9.17) is 16.3 Å². The number of aliphatic carboxylic acids is 1. The van der Waals surface area contributed by atoms with Gasteiger partial charge in [0.25, 0.3) is 5.91 Å². The fourth-order valence-corrected chi connectivity index (χ4v) is 3.42. The summed E-state index contributed by atoms with van der Waals surface area (Å²) in [5.74, 6) is -3.71. The summed E-state index contributed by atoms with van der Waals surface area (Å²) in [6.07, 6.45) is -0.687. The minimum Gasteiger partial charge on any atom is -0.506 e. The van der Waals surface area contributed by atoms with E-state index in [1.165, 1.54) is 6.07 Å². The Hall–Kier alpha value is -3.10. The number of halogens is 1. The highest BCUT2D eigenvalue weighted by molar-refractivity contribution is 6.32. The van der Waals surface area contributed by atoms with Crippen LogP contribution in [0.15, 0.2) is 36.4 Å². The molecule has 0 radical (unpaired) electrons. The Morgan fingerprint density at radius 3 is 2.59 bits per heavy atom. The molecule has 1 unspecified atom stereocenters. The molecule has 152 valence electrons. The maximum Gasteiger partial charge on any atom is 0.342 e. The van der Waals surface area contributed by atoms with Gasteiger partial charge in [-0.3, -0.25) is 4.79 Å². The molecule has 8 nitrogen and oxygen atoms in total. The van der Waals surface area contributed by atoms with Gasteiger partial charge in [-0.25, -0.2) is 9.59 Å². The number of nitrogens with one attached hydrogen (secondary N) is 1. The van der Waals surface area contributed by atoms with Crippen LogP contribution >= 0.6 is 11.6 Å². The maximum atomic E-state index is 12.7. The Balaban J connectivity index is 1.89. The molecule has 4 N–H and O–H groups in total. The van der Waals surface area contributed by atoms with Crippen molar-refractivity contribution in [3.8, 4) is 5.75 Å².